The Kier molecular flexibility index (Phi) is 4.51. The van der Waals surface area contributed by atoms with Crippen LogP contribution in [0, 0.1) is 0 Å². The van der Waals surface area contributed by atoms with E-state index in [1.165, 1.54) is 0 Å². The fourth-order valence-corrected chi connectivity index (χ4v) is 6.05. The predicted octanol–water partition coefficient (Wildman–Crippen LogP) is 8.48. The van der Waals surface area contributed by atoms with E-state index in [0.29, 0.717) is 23.4 Å². The van der Waals surface area contributed by atoms with Crippen molar-refractivity contribution >= 4 is 54.8 Å². The fourth-order valence-electron chi connectivity index (χ4n) is 6.05. The van der Waals surface area contributed by atoms with Gasteiger partial charge >= 0.3 is 0 Å². The molecule has 5 aromatic carbocycles. The molecule has 0 N–H and O–H groups in total. The molecule has 4 aromatic heterocycles. The summed E-state index contributed by atoms with van der Waals surface area (Å²) in [6.45, 7) is 0. The molecule has 0 aliphatic carbocycles. The molecule has 0 fully saturated rings. The molecular formula is C35H21N5O. The van der Waals surface area contributed by atoms with Crippen molar-refractivity contribution in [1.82, 2.24) is 24.1 Å². The van der Waals surface area contributed by atoms with Gasteiger partial charge in [0, 0.05) is 27.1 Å². The van der Waals surface area contributed by atoms with Crippen molar-refractivity contribution in [3.8, 4) is 23.3 Å². The van der Waals surface area contributed by atoms with E-state index >= 15 is 0 Å². The number of hydrogen-bond donors (Lipinski definition) is 0. The van der Waals surface area contributed by atoms with Crippen molar-refractivity contribution in [1.29, 1.82) is 0 Å². The smallest absolute Gasteiger partial charge is 0.242 e. The minimum Gasteiger partial charge on any atom is -0.439 e. The van der Waals surface area contributed by atoms with E-state index < -0.39 is 0 Å². The first-order valence-corrected chi connectivity index (χ1v) is 13.6. The molecule has 6 nitrogen and oxygen atoms in total. The summed E-state index contributed by atoms with van der Waals surface area (Å²) in [6, 6.07) is 43.3. The van der Waals surface area contributed by atoms with Crippen LogP contribution in [0.5, 0.6) is 0 Å². The molecular weight excluding hydrogens is 506 g/mol. The van der Waals surface area contributed by atoms with Crippen LogP contribution >= 0.6 is 0 Å². The topological polar surface area (TPSA) is 61.7 Å². The number of aromatic nitrogens is 5. The Morgan fingerprint density at radius 2 is 0.951 bits per heavy atom. The molecule has 6 heteroatoms. The molecule has 9 rings (SSSR count). The van der Waals surface area contributed by atoms with Gasteiger partial charge in [-0.05, 0) is 24.3 Å². The van der Waals surface area contributed by atoms with Crippen molar-refractivity contribution in [2.45, 2.75) is 0 Å². The molecule has 192 valence electrons. The molecule has 9 aromatic rings. The molecule has 0 radical (unpaired) electrons. The number of rotatable bonds is 3. The van der Waals surface area contributed by atoms with Gasteiger partial charge in [-0.3, -0.25) is 4.57 Å². The Morgan fingerprint density at radius 1 is 0.439 bits per heavy atom. The third-order valence-corrected chi connectivity index (χ3v) is 7.82. The summed E-state index contributed by atoms with van der Waals surface area (Å²) >= 11 is 0. The summed E-state index contributed by atoms with van der Waals surface area (Å²) in [7, 11) is 0. The minimum atomic E-state index is 0.501. The lowest BCUT2D eigenvalue weighted by Crippen LogP contribution is -2.10. The van der Waals surface area contributed by atoms with E-state index in [0.717, 1.165) is 54.6 Å². The number of furan rings is 1. The predicted molar refractivity (Wildman–Crippen MR) is 164 cm³/mol. The van der Waals surface area contributed by atoms with Gasteiger partial charge in [-0.15, -0.1) is 0 Å². The Bertz CT molecular complexity index is 2380. The monoisotopic (exact) mass is 527 g/mol. The lowest BCUT2D eigenvalue weighted by molar-refractivity contribution is 0.640. The maximum Gasteiger partial charge on any atom is 0.242 e. The number of hydrogen-bond acceptors (Lipinski definition) is 4. The largest absolute Gasteiger partial charge is 0.439 e. The van der Waals surface area contributed by atoms with Crippen molar-refractivity contribution in [2.75, 3.05) is 0 Å². The maximum atomic E-state index is 6.50. The number of para-hydroxylation sites is 4. The highest BCUT2D eigenvalue weighted by molar-refractivity contribution is 6.19. The second kappa shape index (κ2) is 8.37. The van der Waals surface area contributed by atoms with E-state index in [1.54, 1.807) is 0 Å². The van der Waals surface area contributed by atoms with Gasteiger partial charge in [0.25, 0.3) is 0 Å². The van der Waals surface area contributed by atoms with Gasteiger partial charge in [0.15, 0.2) is 5.82 Å². The van der Waals surface area contributed by atoms with Gasteiger partial charge < -0.3 is 4.42 Å². The number of nitrogens with zero attached hydrogens (tertiary/aromatic N) is 5. The Morgan fingerprint density at radius 3 is 1.63 bits per heavy atom. The van der Waals surface area contributed by atoms with E-state index in [4.69, 9.17) is 19.4 Å². The van der Waals surface area contributed by atoms with Crippen LogP contribution in [0.1, 0.15) is 0 Å². The number of fused-ring (bicyclic) bond motifs is 8. The van der Waals surface area contributed by atoms with Gasteiger partial charge in [0.05, 0.1) is 21.9 Å². The van der Waals surface area contributed by atoms with Crippen LogP contribution in [0.2, 0.25) is 0 Å². The first-order valence-electron chi connectivity index (χ1n) is 13.6. The summed E-state index contributed by atoms with van der Waals surface area (Å²) in [5.74, 6) is 1.64. The average Bonchev–Trinajstić information content (AvgIpc) is 3.68. The first-order chi connectivity index (χ1) is 20.3. The zero-order valence-electron chi connectivity index (χ0n) is 21.8. The molecule has 0 amide bonds. The van der Waals surface area contributed by atoms with Crippen molar-refractivity contribution in [3.05, 3.63) is 127 Å². The van der Waals surface area contributed by atoms with Crippen LogP contribution in [-0.4, -0.2) is 24.1 Å². The van der Waals surface area contributed by atoms with Gasteiger partial charge in [-0.1, -0.05) is 103 Å². The molecule has 0 atom stereocenters. The lowest BCUT2D eigenvalue weighted by atomic mass is 10.1. The summed E-state index contributed by atoms with van der Waals surface area (Å²) < 4.78 is 10.6. The Labute approximate surface area is 233 Å². The van der Waals surface area contributed by atoms with E-state index in [1.807, 2.05) is 59.2 Å². The molecule has 0 saturated carbocycles. The molecule has 41 heavy (non-hydrogen) atoms. The van der Waals surface area contributed by atoms with E-state index in [2.05, 4.69) is 77.4 Å². The summed E-state index contributed by atoms with van der Waals surface area (Å²) in [4.78, 5) is 15.3. The average molecular weight is 528 g/mol. The van der Waals surface area contributed by atoms with Crippen LogP contribution in [0.25, 0.3) is 78.1 Å². The van der Waals surface area contributed by atoms with Crippen molar-refractivity contribution in [2.24, 2.45) is 0 Å². The van der Waals surface area contributed by atoms with Crippen molar-refractivity contribution in [3.63, 3.8) is 0 Å². The quantitative estimate of drug-likeness (QED) is 0.231. The van der Waals surface area contributed by atoms with Crippen molar-refractivity contribution < 1.29 is 4.42 Å². The van der Waals surface area contributed by atoms with Crippen LogP contribution in [0.4, 0.5) is 0 Å². The van der Waals surface area contributed by atoms with Gasteiger partial charge in [0.2, 0.25) is 17.6 Å². The molecule has 0 saturated heterocycles. The molecule has 0 aliphatic rings. The van der Waals surface area contributed by atoms with Gasteiger partial charge in [0.1, 0.15) is 5.58 Å². The second-order valence-electron chi connectivity index (χ2n) is 10.1. The maximum absolute atomic E-state index is 6.50. The zero-order valence-corrected chi connectivity index (χ0v) is 21.8. The Hall–Kier alpha value is -5.75. The molecule has 0 unspecified atom stereocenters. The highest BCUT2D eigenvalue weighted by Gasteiger charge is 2.23. The second-order valence-corrected chi connectivity index (χ2v) is 10.1. The number of benzene rings is 5. The molecule has 0 spiro atoms. The molecule has 0 aliphatic heterocycles. The van der Waals surface area contributed by atoms with Crippen LogP contribution < -0.4 is 0 Å². The standard InChI is InChI=1S/C35H21N5O/c1-2-12-22(13-3-1)32-36-34(39-27-18-8-4-14-23(27)24-15-5-9-19-28(24)39)38-35(37-32)40-29-20-10-6-16-25(29)31-26-17-7-11-21-30(26)41-33(31)40/h1-21H. The summed E-state index contributed by atoms with van der Waals surface area (Å²) in [6.07, 6.45) is 0. The lowest BCUT2D eigenvalue weighted by Gasteiger charge is -2.11. The summed E-state index contributed by atoms with van der Waals surface area (Å²) in [5, 5.41) is 5.51. The summed E-state index contributed by atoms with van der Waals surface area (Å²) in [5.41, 5.74) is 5.51. The van der Waals surface area contributed by atoms with Crippen LogP contribution in [0.3, 0.4) is 0 Å². The highest BCUT2D eigenvalue weighted by atomic mass is 16.3. The zero-order chi connectivity index (χ0) is 26.9. The third kappa shape index (κ3) is 3.16. The van der Waals surface area contributed by atoms with E-state index in [9.17, 15) is 0 Å². The minimum absolute atomic E-state index is 0.501. The van der Waals surface area contributed by atoms with Crippen LogP contribution in [0.15, 0.2) is 132 Å². The molecule has 0 bridgehead atoms. The fraction of sp³-hybridized carbons (Fsp3) is 0. The first kappa shape index (κ1) is 22.1. The molecule has 4 heterocycles. The SMILES string of the molecule is c1ccc(-c2nc(-n3c4ccccc4c4ccccc43)nc(-n3c4ccccc4c4c5ccccc5oc43)n2)cc1. The van der Waals surface area contributed by atoms with Crippen LogP contribution in [-0.2, 0) is 0 Å². The van der Waals surface area contributed by atoms with Gasteiger partial charge in [-0.2, -0.15) is 15.0 Å². The Balaban J connectivity index is 1.43. The third-order valence-electron chi connectivity index (χ3n) is 7.82. The normalized spacial score (nSPS) is 11.9. The highest BCUT2D eigenvalue weighted by Crippen LogP contribution is 2.39. The van der Waals surface area contributed by atoms with E-state index in [-0.39, 0.29) is 0 Å². The van der Waals surface area contributed by atoms with Gasteiger partial charge in [-0.25, -0.2) is 4.57 Å².